The van der Waals surface area contributed by atoms with Crippen LogP contribution in [0.4, 0.5) is 5.95 Å². The summed E-state index contributed by atoms with van der Waals surface area (Å²) in [6, 6.07) is 10.1. The first-order valence-corrected chi connectivity index (χ1v) is 9.89. The summed E-state index contributed by atoms with van der Waals surface area (Å²) in [5, 5.41) is 0. The van der Waals surface area contributed by atoms with E-state index in [4.69, 9.17) is 4.98 Å². The summed E-state index contributed by atoms with van der Waals surface area (Å²) < 4.78 is 0. The maximum absolute atomic E-state index is 13.3. The molecule has 0 spiro atoms. The van der Waals surface area contributed by atoms with Gasteiger partial charge in [-0.3, -0.25) is 14.6 Å². The van der Waals surface area contributed by atoms with Gasteiger partial charge in [0.1, 0.15) is 0 Å². The summed E-state index contributed by atoms with van der Waals surface area (Å²) in [5.74, 6) is 0.846. The van der Waals surface area contributed by atoms with Crippen LogP contribution >= 0.6 is 0 Å². The van der Waals surface area contributed by atoms with Gasteiger partial charge in [-0.2, -0.15) is 0 Å². The van der Waals surface area contributed by atoms with E-state index in [1.165, 1.54) is 0 Å². The van der Waals surface area contributed by atoms with E-state index in [2.05, 4.69) is 22.0 Å². The third-order valence-electron chi connectivity index (χ3n) is 6.24. The summed E-state index contributed by atoms with van der Waals surface area (Å²) in [4.78, 5) is 37.6. The summed E-state index contributed by atoms with van der Waals surface area (Å²) in [6.07, 6.45) is 4.65. The van der Waals surface area contributed by atoms with Crippen LogP contribution in [0.25, 0.3) is 0 Å². The highest BCUT2D eigenvalue weighted by Gasteiger charge is 2.53. The van der Waals surface area contributed by atoms with Crippen LogP contribution in [0.2, 0.25) is 0 Å². The van der Waals surface area contributed by atoms with Gasteiger partial charge in [0.2, 0.25) is 11.9 Å². The van der Waals surface area contributed by atoms with E-state index in [-0.39, 0.29) is 16.9 Å². The number of benzene rings is 1. The molecular weight excluding hydrogens is 340 g/mol. The number of aromatic amines is 1. The van der Waals surface area contributed by atoms with Crippen molar-refractivity contribution >= 4 is 11.9 Å². The van der Waals surface area contributed by atoms with Crippen LogP contribution in [-0.2, 0) is 23.2 Å². The fourth-order valence-corrected chi connectivity index (χ4v) is 4.49. The smallest absolute Gasteiger partial charge is 0.255 e. The largest absolute Gasteiger partial charge is 0.342 e. The van der Waals surface area contributed by atoms with Crippen molar-refractivity contribution in [3.8, 4) is 0 Å². The van der Waals surface area contributed by atoms with Gasteiger partial charge in [0.15, 0.2) is 0 Å². The lowest BCUT2D eigenvalue weighted by Gasteiger charge is -2.31. The second-order valence-corrected chi connectivity index (χ2v) is 7.93. The molecule has 27 heavy (non-hydrogen) atoms. The zero-order chi connectivity index (χ0) is 18.4. The van der Waals surface area contributed by atoms with Crippen LogP contribution in [0.1, 0.15) is 42.5 Å². The van der Waals surface area contributed by atoms with E-state index in [9.17, 15) is 9.59 Å². The van der Waals surface area contributed by atoms with Gasteiger partial charge in [0.25, 0.3) is 5.56 Å². The predicted octanol–water partition coefficient (Wildman–Crippen LogP) is 1.99. The van der Waals surface area contributed by atoms with E-state index in [0.717, 1.165) is 55.6 Å². The summed E-state index contributed by atoms with van der Waals surface area (Å²) >= 11 is 0. The van der Waals surface area contributed by atoms with E-state index in [1.54, 1.807) is 0 Å². The van der Waals surface area contributed by atoms with Gasteiger partial charge in [-0.05, 0) is 37.7 Å². The Morgan fingerprint density at radius 1 is 1.07 bits per heavy atom. The number of carbonyl (C=O) groups is 1. The molecule has 0 unspecified atom stereocenters. The summed E-state index contributed by atoms with van der Waals surface area (Å²) in [5.41, 5.74) is 2.21. The third-order valence-corrected chi connectivity index (χ3v) is 6.24. The van der Waals surface area contributed by atoms with Crippen molar-refractivity contribution in [3.05, 3.63) is 57.5 Å². The molecule has 1 saturated heterocycles. The molecule has 2 aromatic rings. The Labute approximate surface area is 158 Å². The van der Waals surface area contributed by atoms with Gasteiger partial charge in [0, 0.05) is 25.2 Å². The molecule has 2 aliphatic heterocycles. The van der Waals surface area contributed by atoms with Gasteiger partial charge in [-0.1, -0.05) is 30.3 Å². The first kappa shape index (κ1) is 16.5. The zero-order valence-corrected chi connectivity index (χ0v) is 15.4. The number of hydrogen-bond donors (Lipinski definition) is 1. The Morgan fingerprint density at radius 2 is 1.81 bits per heavy atom. The molecule has 1 N–H and O–H groups in total. The van der Waals surface area contributed by atoms with Crippen molar-refractivity contribution < 1.29 is 4.79 Å². The molecular formula is C21H24N4O2. The minimum atomic E-state index is -0.363. The molecule has 1 aromatic heterocycles. The molecule has 0 bridgehead atoms. The molecule has 3 aliphatic rings. The second-order valence-electron chi connectivity index (χ2n) is 7.93. The van der Waals surface area contributed by atoms with Gasteiger partial charge in [0.05, 0.1) is 17.7 Å². The molecule has 0 radical (unpaired) electrons. The Morgan fingerprint density at radius 3 is 2.52 bits per heavy atom. The molecule has 1 amide bonds. The Hall–Kier alpha value is -2.63. The molecule has 140 valence electrons. The quantitative estimate of drug-likeness (QED) is 0.904. The van der Waals surface area contributed by atoms with Crippen molar-refractivity contribution in [1.82, 2.24) is 14.9 Å². The van der Waals surface area contributed by atoms with Crippen LogP contribution in [0, 0.1) is 0 Å². The van der Waals surface area contributed by atoms with Crippen molar-refractivity contribution in [2.45, 2.75) is 44.1 Å². The number of fused-ring (bicyclic) bond motifs is 1. The van der Waals surface area contributed by atoms with Crippen molar-refractivity contribution in [2.24, 2.45) is 0 Å². The highest BCUT2D eigenvalue weighted by molar-refractivity contribution is 5.91. The van der Waals surface area contributed by atoms with Crippen molar-refractivity contribution in [2.75, 3.05) is 24.5 Å². The van der Waals surface area contributed by atoms with Gasteiger partial charge < -0.3 is 9.80 Å². The molecule has 5 rings (SSSR count). The minimum absolute atomic E-state index is 0.0433. The van der Waals surface area contributed by atoms with Crippen molar-refractivity contribution in [3.63, 3.8) is 0 Å². The maximum atomic E-state index is 13.3. The summed E-state index contributed by atoms with van der Waals surface area (Å²) in [6.45, 7) is 2.89. The molecule has 0 atom stereocenters. The molecule has 6 heteroatoms. The maximum Gasteiger partial charge on any atom is 0.255 e. The predicted molar refractivity (Wildman–Crippen MR) is 103 cm³/mol. The number of carbonyl (C=O) groups excluding carboxylic acids is 1. The van der Waals surface area contributed by atoms with E-state index < -0.39 is 0 Å². The Kier molecular flexibility index (Phi) is 3.81. The van der Waals surface area contributed by atoms with E-state index in [0.29, 0.717) is 25.5 Å². The summed E-state index contributed by atoms with van der Waals surface area (Å²) in [7, 11) is 0. The Balaban J connectivity index is 1.42. The fourth-order valence-electron chi connectivity index (χ4n) is 4.49. The van der Waals surface area contributed by atoms with E-state index >= 15 is 0 Å². The number of hydrogen-bond acceptors (Lipinski definition) is 4. The highest BCUT2D eigenvalue weighted by atomic mass is 16.2. The van der Waals surface area contributed by atoms with Crippen LogP contribution in [0.3, 0.4) is 0 Å². The number of aromatic nitrogens is 2. The molecule has 2 fully saturated rings. The average molecular weight is 364 g/mol. The van der Waals surface area contributed by atoms with Gasteiger partial charge in [-0.25, -0.2) is 4.98 Å². The Bertz CT molecular complexity index is 927. The topological polar surface area (TPSA) is 69.3 Å². The number of anilines is 1. The zero-order valence-electron chi connectivity index (χ0n) is 15.4. The average Bonchev–Trinajstić information content (AvgIpc) is 3.33. The minimum Gasteiger partial charge on any atom is -0.342 e. The number of rotatable bonds is 3. The van der Waals surface area contributed by atoms with Gasteiger partial charge in [-0.15, -0.1) is 0 Å². The fraction of sp³-hybridized carbons (Fsp3) is 0.476. The second kappa shape index (κ2) is 6.22. The standard InChI is InChI=1S/C21H24N4O2/c26-18-16-8-13-25(14-17(16)22-20(23-18)24-11-4-5-12-24)19(27)21(9-10-21)15-6-2-1-3-7-15/h1-3,6-7H,4-5,8-14H2,(H,22,23,26). The number of nitrogens with zero attached hydrogens (tertiary/aromatic N) is 3. The lowest BCUT2D eigenvalue weighted by Crippen LogP contribution is -2.44. The monoisotopic (exact) mass is 364 g/mol. The molecule has 1 saturated carbocycles. The van der Waals surface area contributed by atoms with Crippen LogP contribution in [0.15, 0.2) is 35.1 Å². The van der Waals surface area contributed by atoms with Gasteiger partial charge >= 0.3 is 0 Å². The molecule has 1 aliphatic carbocycles. The first-order chi connectivity index (χ1) is 13.2. The SMILES string of the molecule is O=C(N1CCc2c(nc(N3CCCC3)[nH]c2=O)C1)C1(c2ccccc2)CC1. The highest BCUT2D eigenvalue weighted by Crippen LogP contribution is 2.49. The van der Waals surface area contributed by atoms with Crippen LogP contribution in [-0.4, -0.2) is 40.4 Å². The lowest BCUT2D eigenvalue weighted by molar-refractivity contribution is -0.135. The van der Waals surface area contributed by atoms with Crippen molar-refractivity contribution in [1.29, 1.82) is 0 Å². The molecule has 3 heterocycles. The third kappa shape index (κ3) is 2.74. The first-order valence-electron chi connectivity index (χ1n) is 9.89. The normalized spacial score (nSPS) is 20.4. The number of H-pyrrole nitrogens is 1. The molecule has 1 aromatic carbocycles. The van der Waals surface area contributed by atoms with Crippen LogP contribution in [0.5, 0.6) is 0 Å². The number of amides is 1. The number of nitrogens with one attached hydrogen (secondary N) is 1. The van der Waals surface area contributed by atoms with Crippen LogP contribution < -0.4 is 10.5 Å². The van der Waals surface area contributed by atoms with E-state index in [1.807, 2.05) is 23.1 Å². The lowest BCUT2D eigenvalue weighted by atomic mass is 9.93. The molecule has 6 nitrogen and oxygen atoms in total.